The fourth-order valence-electron chi connectivity index (χ4n) is 1.37. The summed E-state index contributed by atoms with van der Waals surface area (Å²) in [6.07, 6.45) is 6.72. The van der Waals surface area contributed by atoms with Gasteiger partial charge in [0.1, 0.15) is 0 Å². The van der Waals surface area contributed by atoms with Crippen LogP contribution in [0.1, 0.15) is 46.0 Å². The predicted molar refractivity (Wildman–Crippen MR) is 67.3 cm³/mol. The van der Waals surface area contributed by atoms with E-state index in [4.69, 9.17) is 4.74 Å². The van der Waals surface area contributed by atoms with Crippen LogP contribution in [0.5, 0.6) is 0 Å². The molecule has 0 radical (unpaired) electrons. The van der Waals surface area contributed by atoms with Crippen LogP contribution in [0.2, 0.25) is 0 Å². The minimum atomic E-state index is 0.693. The molecular formula is C13H27NO. The first-order valence-corrected chi connectivity index (χ1v) is 6.20. The first kappa shape index (κ1) is 14.7. The van der Waals surface area contributed by atoms with Gasteiger partial charge in [0.25, 0.3) is 0 Å². The Balaban J connectivity index is 2.89. The first-order chi connectivity index (χ1) is 7.27. The van der Waals surface area contributed by atoms with Gasteiger partial charge in [-0.1, -0.05) is 44.8 Å². The van der Waals surface area contributed by atoms with Crippen LogP contribution in [0.3, 0.4) is 0 Å². The van der Waals surface area contributed by atoms with E-state index in [1.54, 1.807) is 0 Å². The molecule has 0 bridgehead atoms. The summed E-state index contributed by atoms with van der Waals surface area (Å²) in [4.78, 5) is 0. The molecule has 0 fully saturated rings. The minimum absolute atomic E-state index is 0.693. The molecular weight excluding hydrogens is 186 g/mol. The number of ether oxygens (including phenoxy) is 1. The number of unbranched alkanes of at least 4 members (excludes halogenated alkanes) is 4. The minimum Gasteiger partial charge on any atom is -0.376 e. The molecule has 0 aromatic carbocycles. The normalized spacial score (nSPS) is 10.5. The molecule has 0 aliphatic heterocycles. The third-order valence-corrected chi connectivity index (χ3v) is 2.23. The highest BCUT2D eigenvalue weighted by Gasteiger charge is 1.90. The molecule has 0 aromatic heterocycles. The van der Waals surface area contributed by atoms with Gasteiger partial charge < -0.3 is 10.1 Å². The first-order valence-electron chi connectivity index (χ1n) is 6.20. The van der Waals surface area contributed by atoms with Crippen LogP contribution in [0, 0.1) is 0 Å². The highest BCUT2D eigenvalue weighted by molar-refractivity contribution is 4.87. The van der Waals surface area contributed by atoms with Gasteiger partial charge in [0.2, 0.25) is 0 Å². The lowest BCUT2D eigenvalue weighted by Gasteiger charge is -2.05. The zero-order valence-corrected chi connectivity index (χ0v) is 10.5. The molecule has 0 saturated heterocycles. The molecule has 0 aliphatic carbocycles. The van der Waals surface area contributed by atoms with Crippen LogP contribution >= 0.6 is 0 Å². The van der Waals surface area contributed by atoms with Gasteiger partial charge in [-0.05, 0) is 19.9 Å². The molecule has 2 nitrogen and oxygen atoms in total. The van der Waals surface area contributed by atoms with Crippen LogP contribution in [-0.2, 0) is 4.74 Å². The molecule has 2 heteroatoms. The Morgan fingerprint density at radius 1 is 1.13 bits per heavy atom. The van der Waals surface area contributed by atoms with Crippen LogP contribution in [0.25, 0.3) is 0 Å². The zero-order chi connectivity index (χ0) is 11.4. The quantitative estimate of drug-likeness (QED) is 0.420. The van der Waals surface area contributed by atoms with Gasteiger partial charge in [0, 0.05) is 6.54 Å². The molecule has 0 unspecified atom stereocenters. The van der Waals surface area contributed by atoms with E-state index >= 15 is 0 Å². The summed E-state index contributed by atoms with van der Waals surface area (Å²) < 4.78 is 5.38. The summed E-state index contributed by atoms with van der Waals surface area (Å²) in [5.74, 6) is 0. The maximum atomic E-state index is 5.38. The summed E-state index contributed by atoms with van der Waals surface area (Å²) in [6, 6.07) is 0. The van der Waals surface area contributed by atoms with Crippen molar-refractivity contribution in [3.05, 3.63) is 12.2 Å². The molecule has 90 valence electrons. The smallest absolute Gasteiger partial charge is 0.0672 e. The van der Waals surface area contributed by atoms with Crippen molar-refractivity contribution in [2.45, 2.75) is 46.0 Å². The van der Waals surface area contributed by atoms with E-state index in [0.29, 0.717) is 6.61 Å². The van der Waals surface area contributed by atoms with E-state index in [2.05, 4.69) is 18.8 Å². The lowest BCUT2D eigenvalue weighted by atomic mass is 10.1. The third-order valence-electron chi connectivity index (χ3n) is 2.23. The maximum Gasteiger partial charge on any atom is 0.0672 e. The van der Waals surface area contributed by atoms with Crippen molar-refractivity contribution in [1.29, 1.82) is 0 Å². The largest absolute Gasteiger partial charge is 0.376 e. The standard InChI is InChI=1S/C13H27NO/c1-4-5-6-7-8-9-14-10-11-15-12-13(2)3/h14H,2,4-12H2,1,3H3. The number of hydrogen-bond donors (Lipinski definition) is 1. The van der Waals surface area contributed by atoms with E-state index in [9.17, 15) is 0 Å². The number of hydrogen-bond acceptors (Lipinski definition) is 2. The number of rotatable bonds is 11. The Morgan fingerprint density at radius 3 is 2.53 bits per heavy atom. The van der Waals surface area contributed by atoms with Crippen LogP contribution in [0.15, 0.2) is 12.2 Å². The Kier molecular flexibility index (Phi) is 11.5. The fraction of sp³-hybridized carbons (Fsp3) is 0.846. The van der Waals surface area contributed by atoms with Crippen LogP contribution in [-0.4, -0.2) is 26.3 Å². The topological polar surface area (TPSA) is 21.3 Å². The van der Waals surface area contributed by atoms with Crippen molar-refractivity contribution in [2.75, 3.05) is 26.3 Å². The molecule has 15 heavy (non-hydrogen) atoms. The second-order valence-corrected chi connectivity index (χ2v) is 4.17. The van der Waals surface area contributed by atoms with Crippen molar-refractivity contribution < 1.29 is 4.74 Å². The Bertz CT molecular complexity index is 145. The van der Waals surface area contributed by atoms with E-state index in [1.165, 1.54) is 32.1 Å². The maximum absolute atomic E-state index is 5.38. The Labute approximate surface area is 95.1 Å². The summed E-state index contributed by atoms with van der Waals surface area (Å²) in [7, 11) is 0. The average molecular weight is 213 g/mol. The molecule has 0 aliphatic rings. The summed E-state index contributed by atoms with van der Waals surface area (Å²) in [5.41, 5.74) is 1.09. The van der Waals surface area contributed by atoms with Gasteiger partial charge in [0.15, 0.2) is 0 Å². The van der Waals surface area contributed by atoms with Gasteiger partial charge in [-0.2, -0.15) is 0 Å². The summed E-state index contributed by atoms with van der Waals surface area (Å²) in [6.45, 7) is 11.6. The zero-order valence-electron chi connectivity index (χ0n) is 10.5. The molecule has 0 aromatic rings. The highest BCUT2D eigenvalue weighted by Crippen LogP contribution is 2.00. The molecule has 0 rings (SSSR count). The van der Waals surface area contributed by atoms with E-state index in [-0.39, 0.29) is 0 Å². The van der Waals surface area contributed by atoms with Crippen molar-refractivity contribution in [1.82, 2.24) is 5.32 Å². The van der Waals surface area contributed by atoms with Gasteiger partial charge in [0.05, 0.1) is 13.2 Å². The third kappa shape index (κ3) is 13.7. The lowest BCUT2D eigenvalue weighted by molar-refractivity contribution is 0.158. The second-order valence-electron chi connectivity index (χ2n) is 4.17. The van der Waals surface area contributed by atoms with Gasteiger partial charge in [-0.15, -0.1) is 0 Å². The van der Waals surface area contributed by atoms with Gasteiger partial charge in [-0.25, -0.2) is 0 Å². The lowest BCUT2D eigenvalue weighted by Crippen LogP contribution is -2.21. The van der Waals surface area contributed by atoms with Crippen molar-refractivity contribution >= 4 is 0 Å². The molecule has 0 atom stereocenters. The second kappa shape index (κ2) is 11.7. The number of nitrogens with one attached hydrogen (secondary N) is 1. The SMILES string of the molecule is C=C(C)COCCNCCCCCCC. The van der Waals surface area contributed by atoms with Crippen molar-refractivity contribution in [3.63, 3.8) is 0 Å². The molecule has 0 amide bonds. The van der Waals surface area contributed by atoms with E-state index in [0.717, 1.165) is 25.3 Å². The van der Waals surface area contributed by atoms with Crippen LogP contribution in [0.4, 0.5) is 0 Å². The molecule has 0 heterocycles. The monoisotopic (exact) mass is 213 g/mol. The predicted octanol–water partition coefficient (Wildman–Crippen LogP) is 3.14. The average Bonchev–Trinajstić information content (AvgIpc) is 2.20. The summed E-state index contributed by atoms with van der Waals surface area (Å²) >= 11 is 0. The fourth-order valence-corrected chi connectivity index (χ4v) is 1.37. The Hall–Kier alpha value is -0.340. The van der Waals surface area contributed by atoms with Crippen molar-refractivity contribution in [2.24, 2.45) is 0 Å². The van der Waals surface area contributed by atoms with Crippen LogP contribution < -0.4 is 5.32 Å². The van der Waals surface area contributed by atoms with Crippen molar-refractivity contribution in [3.8, 4) is 0 Å². The Morgan fingerprint density at radius 2 is 1.87 bits per heavy atom. The molecule has 0 saturated carbocycles. The van der Waals surface area contributed by atoms with E-state index in [1.807, 2.05) is 6.92 Å². The molecule has 1 N–H and O–H groups in total. The van der Waals surface area contributed by atoms with E-state index < -0.39 is 0 Å². The summed E-state index contributed by atoms with van der Waals surface area (Å²) in [5, 5.41) is 3.38. The van der Waals surface area contributed by atoms with Gasteiger partial charge in [-0.3, -0.25) is 0 Å². The van der Waals surface area contributed by atoms with Gasteiger partial charge >= 0.3 is 0 Å². The molecule has 0 spiro atoms. The highest BCUT2D eigenvalue weighted by atomic mass is 16.5.